The molecule has 0 bridgehead atoms. The lowest BCUT2D eigenvalue weighted by atomic mass is 10.2. The summed E-state index contributed by atoms with van der Waals surface area (Å²) in [6.45, 7) is 2.42. The fourth-order valence-electron chi connectivity index (χ4n) is 1.74. The minimum atomic E-state index is -0.0566. The summed E-state index contributed by atoms with van der Waals surface area (Å²) in [6.07, 6.45) is 0. The van der Waals surface area contributed by atoms with E-state index < -0.39 is 0 Å². The van der Waals surface area contributed by atoms with Gasteiger partial charge in [-0.25, -0.2) is 0 Å². The topological polar surface area (TPSA) is 46.9 Å². The normalized spacial score (nSPS) is 10.4. The Balaban J connectivity index is 2.05. The molecule has 0 spiro atoms. The number of hydrogen-bond donors (Lipinski definition) is 1. The molecule has 0 radical (unpaired) electrons. The van der Waals surface area contributed by atoms with Gasteiger partial charge in [-0.1, -0.05) is 12.1 Å². The Morgan fingerprint density at radius 1 is 1.44 bits per heavy atom. The van der Waals surface area contributed by atoms with Crippen molar-refractivity contribution >= 4 is 28.5 Å². The molecule has 0 aliphatic heterocycles. The number of carbonyl (C=O) groups is 1. The van der Waals surface area contributed by atoms with E-state index in [9.17, 15) is 4.79 Å². The minimum Gasteiger partial charge on any atom is -0.346 e. The highest BCUT2D eigenvalue weighted by Crippen LogP contribution is 2.11. The number of aryl methyl sites for hydroxylation is 2. The highest BCUT2D eigenvalue weighted by atomic mass is 127. The van der Waals surface area contributed by atoms with Crippen molar-refractivity contribution in [3.63, 3.8) is 0 Å². The third-order valence-corrected chi connectivity index (χ3v) is 3.59. The molecule has 1 aromatic heterocycles. The van der Waals surface area contributed by atoms with E-state index in [-0.39, 0.29) is 5.91 Å². The average Bonchev–Trinajstić information content (AvgIpc) is 2.65. The van der Waals surface area contributed by atoms with Gasteiger partial charge in [-0.05, 0) is 47.7 Å². The smallest absolute Gasteiger partial charge is 0.252 e. The van der Waals surface area contributed by atoms with Gasteiger partial charge in [-0.3, -0.25) is 9.48 Å². The predicted octanol–water partition coefficient (Wildman–Crippen LogP) is 2.26. The minimum absolute atomic E-state index is 0.0566. The lowest BCUT2D eigenvalue weighted by molar-refractivity contribution is 0.0949. The first kappa shape index (κ1) is 13.1. The maximum absolute atomic E-state index is 12.0. The predicted molar refractivity (Wildman–Crippen MR) is 78.3 cm³/mol. The Morgan fingerprint density at radius 3 is 2.78 bits per heavy atom. The first-order valence-corrected chi connectivity index (χ1v) is 6.68. The molecule has 1 aromatic carbocycles. The van der Waals surface area contributed by atoms with Crippen molar-refractivity contribution in [2.45, 2.75) is 13.5 Å². The lowest BCUT2D eigenvalue weighted by Crippen LogP contribution is -2.24. The van der Waals surface area contributed by atoms with Crippen LogP contribution in [-0.2, 0) is 13.6 Å². The number of hydrogen-bond acceptors (Lipinski definition) is 2. The van der Waals surface area contributed by atoms with E-state index in [2.05, 4.69) is 33.0 Å². The van der Waals surface area contributed by atoms with Gasteiger partial charge >= 0.3 is 0 Å². The Bertz CT molecular complexity index is 577. The lowest BCUT2D eigenvalue weighted by Gasteiger charge is -2.06. The zero-order valence-electron chi connectivity index (χ0n) is 10.3. The molecule has 0 unspecified atom stereocenters. The van der Waals surface area contributed by atoms with Gasteiger partial charge in [0.25, 0.3) is 5.91 Å². The van der Waals surface area contributed by atoms with Crippen LogP contribution in [0.5, 0.6) is 0 Å². The van der Waals surface area contributed by atoms with Crippen LogP contribution < -0.4 is 5.32 Å². The molecule has 94 valence electrons. The van der Waals surface area contributed by atoms with Crippen LogP contribution in [0.25, 0.3) is 0 Å². The summed E-state index contributed by atoms with van der Waals surface area (Å²) in [5.74, 6) is -0.0566. The first-order chi connectivity index (χ1) is 8.58. The fourth-order valence-corrected chi connectivity index (χ4v) is 2.37. The summed E-state index contributed by atoms with van der Waals surface area (Å²) in [6, 6.07) is 9.50. The summed E-state index contributed by atoms with van der Waals surface area (Å²) in [5.41, 5.74) is 2.65. The van der Waals surface area contributed by atoms with Crippen LogP contribution >= 0.6 is 22.6 Å². The van der Waals surface area contributed by atoms with Crippen LogP contribution in [0, 0.1) is 10.5 Å². The largest absolute Gasteiger partial charge is 0.346 e. The third-order valence-electron chi connectivity index (χ3n) is 2.65. The van der Waals surface area contributed by atoms with E-state index in [1.165, 1.54) is 0 Å². The quantitative estimate of drug-likeness (QED) is 0.859. The second-order valence-corrected chi connectivity index (χ2v) is 5.23. The van der Waals surface area contributed by atoms with Crippen molar-refractivity contribution in [3.8, 4) is 0 Å². The number of halogens is 1. The number of carbonyl (C=O) groups excluding carboxylic acids is 1. The van der Waals surface area contributed by atoms with Crippen LogP contribution in [0.2, 0.25) is 0 Å². The Hall–Kier alpha value is -1.37. The zero-order valence-corrected chi connectivity index (χ0v) is 12.4. The molecule has 1 N–H and O–H groups in total. The molecule has 0 fully saturated rings. The SMILES string of the molecule is Cc1cc(CNC(=O)c2ccccc2I)n(C)n1. The molecule has 5 heteroatoms. The van der Waals surface area contributed by atoms with Crippen molar-refractivity contribution < 1.29 is 4.79 Å². The van der Waals surface area contributed by atoms with Crippen LogP contribution in [0.3, 0.4) is 0 Å². The van der Waals surface area contributed by atoms with Gasteiger partial charge in [-0.15, -0.1) is 0 Å². The van der Waals surface area contributed by atoms with Gasteiger partial charge < -0.3 is 5.32 Å². The van der Waals surface area contributed by atoms with E-state index in [4.69, 9.17) is 0 Å². The van der Waals surface area contributed by atoms with Crippen molar-refractivity contribution in [3.05, 3.63) is 50.9 Å². The summed E-state index contributed by atoms with van der Waals surface area (Å²) in [4.78, 5) is 12.0. The van der Waals surface area contributed by atoms with Gasteiger partial charge in [0.1, 0.15) is 0 Å². The van der Waals surface area contributed by atoms with Gasteiger partial charge in [0.05, 0.1) is 23.5 Å². The summed E-state index contributed by atoms with van der Waals surface area (Å²) in [7, 11) is 1.88. The highest BCUT2D eigenvalue weighted by Gasteiger charge is 2.09. The first-order valence-electron chi connectivity index (χ1n) is 5.60. The maximum Gasteiger partial charge on any atom is 0.252 e. The summed E-state index contributed by atoms with van der Waals surface area (Å²) >= 11 is 2.16. The van der Waals surface area contributed by atoms with E-state index >= 15 is 0 Å². The van der Waals surface area contributed by atoms with E-state index in [1.807, 2.05) is 44.3 Å². The molecular formula is C13H14IN3O. The molecule has 1 amide bonds. The van der Waals surface area contributed by atoms with Crippen molar-refractivity contribution in [2.24, 2.45) is 7.05 Å². The second kappa shape index (κ2) is 5.51. The number of nitrogens with one attached hydrogen (secondary N) is 1. The van der Waals surface area contributed by atoms with Crippen LogP contribution in [-0.4, -0.2) is 15.7 Å². The summed E-state index contributed by atoms with van der Waals surface area (Å²) in [5, 5.41) is 7.15. The van der Waals surface area contributed by atoms with Gasteiger partial charge in [0, 0.05) is 10.6 Å². The van der Waals surface area contributed by atoms with Crippen molar-refractivity contribution in [1.82, 2.24) is 15.1 Å². The summed E-state index contributed by atoms with van der Waals surface area (Å²) < 4.78 is 2.74. The van der Waals surface area contributed by atoms with Gasteiger partial charge in [-0.2, -0.15) is 5.10 Å². The average molecular weight is 355 g/mol. The molecule has 0 atom stereocenters. The molecule has 0 saturated carbocycles. The Labute approximate surface area is 120 Å². The number of benzene rings is 1. The second-order valence-electron chi connectivity index (χ2n) is 4.06. The molecule has 18 heavy (non-hydrogen) atoms. The van der Waals surface area contributed by atoms with E-state index in [0.717, 1.165) is 15.0 Å². The molecule has 0 saturated heterocycles. The van der Waals surface area contributed by atoms with Crippen molar-refractivity contribution in [2.75, 3.05) is 0 Å². The standard InChI is InChI=1S/C13H14IN3O/c1-9-7-10(17(2)16-9)8-15-13(18)11-5-3-4-6-12(11)14/h3-7H,8H2,1-2H3,(H,15,18). The van der Waals surface area contributed by atoms with Crippen LogP contribution in [0.15, 0.2) is 30.3 Å². The maximum atomic E-state index is 12.0. The highest BCUT2D eigenvalue weighted by molar-refractivity contribution is 14.1. The Morgan fingerprint density at radius 2 is 2.17 bits per heavy atom. The number of nitrogens with zero attached hydrogens (tertiary/aromatic N) is 2. The zero-order chi connectivity index (χ0) is 13.1. The molecular weight excluding hydrogens is 341 g/mol. The molecule has 2 rings (SSSR count). The Kier molecular flexibility index (Phi) is 4.00. The van der Waals surface area contributed by atoms with Gasteiger partial charge in [0.15, 0.2) is 0 Å². The molecule has 0 aliphatic rings. The number of amides is 1. The molecule has 0 aliphatic carbocycles. The van der Waals surface area contributed by atoms with Crippen LogP contribution in [0.4, 0.5) is 0 Å². The molecule has 2 aromatic rings. The van der Waals surface area contributed by atoms with Crippen molar-refractivity contribution in [1.29, 1.82) is 0 Å². The molecule has 1 heterocycles. The monoisotopic (exact) mass is 355 g/mol. The van der Waals surface area contributed by atoms with Crippen LogP contribution in [0.1, 0.15) is 21.7 Å². The number of rotatable bonds is 3. The molecule has 4 nitrogen and oxygen atoms in total. The van der Waals surface area contributed by atoms with Gasteiger partial charge in [0.2, 0.25) is 0 Å². The number of aromatic nitrogens is 2. The fraction of sp³-hybridized carbons (Fsp3) is 0.231. The third kappa shape index (κ3) is 2.90. The van der Waals surface area contributed by atoms with E-state index in [1.54, 1.807) is 4.68 Å². The van der Waals surface area contributed by atoms with E-state index in [0.29, 0.717) is 12.1 Å².